The Morgan fingerprint density at radius 2 is 1.81 bits per heavy atom. The van der Waals surface area contributed by atoms with Gasteiger partial charge in [0.15, 0.2) is 0 Å². The van der Waals surface area contributed by atoms with Crippen LogP contribution in [0.4, 0.5) is 4.79 Å². The fourth-order valence-electron chi connectivity index (χ4n) is 3.55. The van der Waals surface area contributed by atoms with Gasteiger partial charge in [0, 0.05) is 13.0 Å². The first-order valence-corrected chi connectivity index (χ1v) is 10.2. The van der Waals surface area contributed by atoms with E-state index in [1.165, 1.54) is 6.42 Å². The Hall–Kier alpha value is -1.26. The van der Waals surface area contributed by atoms with Crippen molar-refractivity contribution in [2.24, 2.45) is 17.8 Å². The van der Waals surface area contributed by atoms with Crippen LogP contribution >= 0.6 is 0 Å². The van der Waals surface area contributed by atoms with Crippen LogP contribution in [-0.4, -0.2) is 30.3 Å². The quantitative estimate of drug-likeness (QED) is 0.479. The van der Waals surface area contributed by atoms with Crippen LogP contribution in [0.3, 0.4) is 0 Å². The second kappa shape index (κ2) is 10.8. The minimum Gasteiger partial charge on any atom is -0.462 e. The van der Waals surface area contributed by atoms with Gasteiger partial charge in [0.05, 0.1) is 0 Å². The fraction of sp³-hybridized carbons (Fsp3) is 0.905. The summed E-state index contributed by atoms with van der Waals surface area (Å²) in [5.41, 5.74) is -0.474. The SMILES string of the molecule is CC(C)[C@@H]1CC[C@@H](C)C[C@H]1OC(=O)CCCCCNC(=O)OC(C)(C)C. The van der Waals surface area contributed by atoms with Crippen LogP contribution in [0.5, 0.6) is 0 Å². The smallest absolute Gasteiger partial charge is 0.407 e. The Kier molecular flexibility index (Phi) is 9.45. The third-order valence-electron chi connectivity index (χ3n) is 4.97. The second-order valence-corrected chi connectivity index (χ2v) is 9.09. The molecule has 1 fully saturated rings. The maximum Gasteiger partial charge on any atom is 0.407 e. The Labute approximate surface area is 159 Å². The molecule has 1 aliphatic rings. The number of alkyl carbamates (subject to hydrolysis) is 1. The molecule has 0 bridgehead atoms. The van der Waals surface area contributed by atoms with E-state index < -0.39 is 5.60 Å². The molecule has 0 saturated heterocycles. The summed E-state index contributed by atoms with van der Waals surface area (Å²) >= 11 is 0. The molecule has 0 radical (unpaired) electrons. The lowest BCUT2D eigenvalue weighted by atomic mass is 9.75. The number of carbonyl (C=O) groups excluding carboxylic acids is 2. The molecule has 0 aliphatic heterocycles. The van der Waals surface area contributed by atoms with Crippen LogP contribution < -0.4 is 5.32 Å². The molecule has 1 rings (SSSR count). The first-order valence-electron chi connectivity index (χ1n) is 10.2. The number of amides is 1. The summed E-state index contributed by atoms with van der Waals surface area (Å²) in [7, 11) is 0. The van der Waals surface area contributed by atoms with E-state index in [1.807, 2.05) is 20.8 Å². The molecular weight excluding hydrogens is 330 g/mol. The molecule has 1 N–H and O–H groups in total. The maximum absolute atomic E-state index is 12.2. The van der Waals surface area contributed by atoms with E-state index in [2.05, 4.69) is 26.1 Å². The lowest BCUT2D eigenvalue weighted by Crippen LogP contribution is -2.35. The highest BCUT2D eigenvalue weighted by molar-refractivity contribution is 5.69. The zero-order chi connectivity index (χ0) is 19.7. The van der Waals surface area contributed by atoms with Crippen LogP contribution in [0, 0.1) is 17.8 Å². The largest absolute Gasteiger partial charge is 0.462 e. The van der Waals surface area contributed by atoms with Crippen LogP contribution in [0.15, 0.2) is 0 Å². The molecule has 5 nitrogen and oxygen atoms in total. The molecule has 26 heavy (non-hydrogen) atoms. The molecule has 0 aromatic carbocycles. The number of ether oxygens (including phenoxy) is 2. The van der Waals surface area contributed by atoms with Gasteiger partial charge in [-0.2, -0.15) is 0 Å². The number of hydrogen-bond acceptors (Lipinski definition) is 4. The molecule has 3 atom stereocenters. The third kappa shape index (κ3) is 9.44. The first-order chi connectivity index (χ1) is 12.1. The van der Waals surface area contributed by atoms with Gasteiger partial charge < -0.3 is 14.8 Å². The Morgan fingerprint density at radius 3 is 2.42 bits per heavy atom. The fourth-order valence-corrected chi connectivity index (χ4v) is 3.55. The number of rotatable bonds is 8. The van der Waals surface area contributed by atoms with Gasteiger partial charge in [0.1, 0.15) is 11.7 Å². The monoisotopic (exact) mass is 369 g/mol. The molecule has 0 aromatic rings. The lowest BCUT2D eigenvalue weighted by molar-refractivity contribution is -0.156. The summed E-state index contributed by atoms with van der Waals surface area (Å²) in [6.07, 6.45) is 6.07. The van der Waals surface area contributed by atoms with E-state index in [4.69, 9.17) is 9.47 Å². The predicted molar refractivity (Wildman–Crippen MR) is 104 cm³/mol. The van der Waals surface area contributed by atoms with Gasteiger partial charge in [-0.1, -0.05) is 33.6 Å². The molecule has 0 aromatic heterocycles. The van der Waals surface area contributed by atoms with Crippen molar-refractivity contribution >= 4 is 12.1 Å². The van der Waals surface area contributed by atoms with Gasteiger partial charge in [-0.3, -0.25) is 4.79 Å². The zero-order valence-corrected chi connectivity index (χ0v) is 17.6. The van der Waals surface area contributed by atoms with E-state index in [0.29, 0.717) is 30.7 Å². The Bertz CT molecular complexity index is 442. The van der Waals surface area contributed by atoms with Crippen molar-refractivity contribution < 1.29 is 19.1 Å². The van der Waals surface area contributed by atoms with Gasteiger partial charge >= 0.3 is 12.1 Å². The molecule has 1 aliphatic carbocycles. The van der Waals surface area contributed by atoms with Crippen molar-refractivity contribution in [1.29, 1.82) is 0 Å². The molecule has 152 valence electrons. The summed E-state index contributed by atoms with van der Waals surface area (Å²) in [4.78, 5) is 23.7. The average Bonchev–Trinajstić information content (AvgIpc) is 2.48. The minimum atomic E-state index is -0.474. The van der Waals surface area contributed by atoms with Gasteiger partial charge in [0.25, 0.3) is 0 Å². The van der Waals surface area contributed by atoms with Crippen LogP contribution in [0.1, 0.15) is 86.5 Å². The highest BCUT2D eigenvalue weighted by Gasteiger charge is 2.33. The summed E-state index contributed by atoms with van der Waals surface area (Å²) in [5.74, 6) is 1.61. The molecule has 0 unspecified atom stereocenters. The summed E-state index contributed by atoms with van der Waals surface area (Å²) < 4.78 is 11.0. The zero-order valence-electron chi connectivity index (χ0n) is 17.6. The highest BCUT2D eigenvalue weighted by Crippen LogP contribution is 2.35. The topological polar surface area (TPSA) is 64.6 Å². The maximum atomic E-state index is 12.2. The van der Waals surface area contributed by atoms with E-state index >= 15 is 0 Å². The molecule has 0 heterocycles. The number of esters is 1. The third-order valence-corrected chi connectivity index (χ3v) is 4.97. The van der Waals surface area contributed by atoms with Crippen molar-refractivity contribution in [2.45, 2.75) is 98.2 Å². The van der Waals surface area contributed by atoms with Crippen molar-refractivity contribution in [3.8, 4) is 0 Å². The average molecular weight is 370 g/mol. The summed E-state index contributed by atoms with van der Waals surface area (Å²) in [6.45, 7) is 12.8. The van der Waals surface area contributed by atoms with Crippen LogP contribution in [0.2, 0.25) is 0 Å². The van der Waals surface area contributed by atoms with Crippen LogP contribution in [-0.2, 0) is 14.3 Å². The molecular formula is C21H39NO4. The molecule has 1 saturated carbocycles. The predicted octanol–water partition coefficient (Wildman–Crippen LogP) is 5.08. The van der Waals surface area contributed by atoms with Crippen LogP contribution in [0.25, 0.3) is 0 Å². The van der Waals surface area contributed by atoms with Crippen molar-refractivity contribution in [3.05, 3.63) is 0 Å². The van der Waals surface area contributed by atoms with E-state index in [-0.39, 0.29) is 18.2 Å². The summed E-state index contributed by atoms with van der Waals surface area (Å²) in [5, 5.41) is 2.74. The number of nitrogens with one attached hydrogen (secondary N) is 1. The van der Waals surface area contributed by atoms with Gasteiger partial charge in [-0.05, 0) is 64.2 Å². The molecule has 0 spiro atoms. The molecule has 1 amide bonds. The summed E-state index contributed by atoms with van der Waals surface area (Å²) in [6, 6.07) is 0. The van der Waals surface area contributed by atoms with Gasteiger partial charge in [-0.15, -0.1) is 0 Å². The minimum absolute atomic E-state index is 0.0742. The second-order valence-electron chi connectivity index (χ2n) is 9.09. The van der Waals surface area contributed by atoms with Gasteiger partial charge in [-0.25, -0.2) is 4.79 Å². The lowest BCUT2D eigenvalue weighted by Gasteiger charge is -2.36. The normalized spacial score (nSPS) is 23.6. The van der Waals surface area contributed by atoms with E-state index in [1.54, 1.807) is 0 Å². The van der Waals surface area contributed by atoms with Crippen molar-refractivity contribution in [3.63, 3.8) is 0 Å². The Morgan fingerprint density at radius 1 is 1.12 bits per heavy atom. The standard InChI is InChI=1S/C21H39NO4/c1-15(2)17-12-11-16(3)14-18(17)25-19(23)10-8-7-9-13-22-20(24)26-21(4,5)6/h15-18H,7-14H2,1-6H3,(H,22,24)/t16-,17+,18-/m1/s1. The first kappa shape index (κ1) is 22.8. The van der Waals surface area contributed by atoms with E-state index in [9.17, 15) is 9.59 Å². The number of hydrogen-bond donors (Lipinski definition) is 1. The molecule has 5 heteroatoms. The number of carbonyl (C=O) groups is 2. The number of unbranched alkanes of at least 4 members (excludes halogenated alkanes) is 2. The van der Waals surface area contributed by atoms with E-state index in [0.717, 1.165) is 32.1 Å². The Balaban J connectivity index is 2.17. The highest BCUT2D eigenvalue weighted by atomic mass is 16.6. The van der Waals surface area contributed by atoms with Crippen molar-refractivity contribution in [1.82, 2.24) is 5.32 Å². The van der Waals surface area contributed by atoms with Gasteiger partial charge in [0.2, 0.25) is 0 Å². The van der Waals surface area contributed by atoms with Crippen molar-refractivity contribution in [2.75, 3.05) is 6.54 Å².